The number of nitrogens with zero attached hydrogens (tertiary/aromatic N) is 2. The van der Waals surface area contributed by atoms with Gasteiger partial charge in [0.1, 0.15) is 0 Å². The molecular weight excluding hydrogens is 196 g/mol. The van der Waals surface area contributed by atoms with E-state index in [0.29, 0.717) is 11.3 Å². The maximum atomic E-state index is 11.0. The SMILES string of the molecule is Cc1nn(C)cc1C(O)C(C)(C)C(=O)O. The summed E-state index contributed by atoms with van der Waals surface area (Å²) in [4.78, 5) is 11.0. The molecular formula is C10H16N2O3. The van der Waals surface area contributed by atoms with Gasteiger partial charge in [-0.05, 0) is 20.8 Å². The maximum Gasteiger partial charge on any atom is 0.312 e. The first-order valence-electron chi connectivity index (χ1n) is 4.68. The van der Waals surface area contributed by atoms with Gasteiger partial charge in [-0.3, -0.25) is 9.48 Å². The summed E-state index contributed by atoms with van der Waals surface area (Å²) < 4.78 is 1.56. The van der Waals surface area contributed by atoms with Gasteiger partial charge in [-0.1, -0.05) is 0 Å². The number of aliphatic carboxylic acids is 1. The van der Waals surface area contributed by atoms with E-state index >= 15 is 0 Å². The van der Waals surface area contributed by atoms with Gasteiger partial charge in [-0.15, -0.1) is 0 Å². The van der Waals surface area contributed by atoms with E-state index in [2.05, 4.69) is 5.10 Å². The molecule has 1 atom stereocenters. The van der Waals surface area contributed by atoms with Gasteiger partial charge in [0.2, 0.25) is 0 Å². The van der Waals surface area contributed by atoms with E-state index in [-0.39, 0.29) is 0 Å². The van der Waals surface area contributed by atoms with Gasteiger partial charge < -0.3 is 10.2 Å². The summed E-state index contributed by atoms with van der Waals surface area (Å²) >= 11 is 0. The molecule has 1 aromatic heterocycles. The Bertz CT molecular complexity index is 382. The molecule has 0 aliphatic carbocycles. The van der Waals surface area contributed by atoms with Crippen LogP contribution in [0.15, 0.2) is 6.20 Å². The average molecular weight is 212 g/mol. The number of hydrogen-bond donors (Lipinski definition) is 2. The van der Waals surface area contributed by atoms with Crippen LogP contribution in [-0.4, -0.2) is 26.0 Å². The second-order valence-corrected chi connectivity index (χ2v) is 4.27. The van der Waals surface area contributed by atoms with E-state index in [0.717, 1.165) is 0 Å². The summed E-state index contributed by atoms with van der Waals surface area (Å²) in [5.41, 5.74) is -0.00225. The lowest BCUT2D eigenvalue weighted by molar-refractivity contribution is -0.153. The lowest BCUT2D eigenvalue weighted by Crippen LogP contribution is -2.31. The van der Waals surface area contributed by atoms with Crippen LogP contribution in [0, 0.1) is 12.3 Å². The van der Waals surface area contributed by atoms with Crippen LogP contribution in [0.4, 0.5) is 0 Å². The molecule has 5 nitrogen and oxygen atoms in total. The molecule has 5 heteroatoms. The van der Waals surface area contributed by atoms with Crippen LogP contribution in [-0.2, 0) is 11.8 Å². The Morgan fingerprint density at radius 3 is 2.47 bits per heavy atom. The molecule has 0 fully saturated rings. The number of carbonyl (C=O) groups is 1. The first-order valence-corrected chi connectivity index (χ1v) is 4.68. The standard InChI is InChI=1S/C10H16N2O3/c1-6-7(5-12(4)11-6)8(13)10(2,3)9(14)15/h5,8,13H,1-4H3,(H,14,15). The van der Waals surface area contributed by atoms with Crippen LogP contribution in [0.3, 0.4) is 0 Å². The topological polar surface area (TPSA) is 75.3 Å². The molecule has 0 saturated heterocycles. The summed E-state index contributed by atoms with van der Waals surface area (Å²) in [7, 11) is 1.73. The molecule has 0 spiro atoms. The fourth-order valence-corrected chi connectivity index (χ4v) is 1.39. The first kappa shape index (κ1) is 11.7. The smallest absolute Gasteiger partial charge is 0.312 e. The van der Waals surface area contributed by atoms with Gasteiger partial charge in [0.05, 0.1) is 17.2 Å². The van der Waals surface area contributed by atoms with E-state index < -0.39 is 17.5 Å². The number of aliphatic hydroxyl groups excluding tert-OH is 1. The number of aromatic nitrogens is 2. The van der Waals surface area contributed by atoms with Crippen molar-refractivity contribution in [2.24, 2.45) is 12.5 Å². The van der Waals surface area contributed by atoms with Crippen molar-refractivity contribution < 1.29 is 15.0 Å². The Hall–Kier alpha value is -1.36. The predicted molar refractivity (Wildman–Crippen MR) is 54.3 cm³/mol. The van der Waals surface area contributed by atoms with Crippen molar-refractivity contribution >= 4 is 5.97 Å². The van der Waals surface area contributed by atoms with Crippen LogP contribution in [0.5, 0.6) is 0 Å². The maximum absolute atomic E-state index is 11.0. The highest BCUT2D eigenvalue weighted by atomic mass is 16.4. The average Bonchev–Trinajstić information content (AvgIpc) is 2.43. The molecule has 1 unspecified atom stereocenters. The minimum Gasteiger partial charge on any atom is -0.481 e. The van der Waals surface area contributed by atoms with Crippen LogP contribution >= 0.6 is 0 Å². The monoisotopic (exact) mass is 212 g/mol. The zero-order valence-electron chi connectivity index (χ0n) is 9.35. The summed E-state index contributed by atoms with van der Waals surface area (Å²) in [6.07, 6.45) is 0.591. The molecule has 0 amide bonds. The normalized spacial score (nSPS) is 13.9. The zero-order valence-corrected chi connectivity index (χ0v) is 9.35. The van der Waals surface area contributed by atoms with E-state index in [9.17, 15) is 9.90 Å². The van der Waals surface area contributed by atoms with Crippen molar-refractivity contribution in [3.05, 3.63) is 17.5 Å². The minimum absolute atomic E-state index is 0.560. The molecule has 1 rings (SSSR count). The van der Waals surface area contributed by atoms with Crippen molar-refractivity contribution in [1.82, 2.24) is 9.78 Å². The lowest BCUT2D eigenvalue weighted by atomic mass is 9.83. The van der Waals surface area contributed by atoms with E-state index in [1.165, 1.54) is 13.8 Å². The van der Waals surface area contributed by atoms with E-state index in [1.54, 1.807) is 24.9 Å². The van der Waals surface area contributed by atoms with Crippen molar-refractivity contribution in [3.8, 4) is 0 Å². The van der Waals surface area contributed by atoms with Crippen molar-refractivity contribution in [3.63, 3.8) is 0 Å². The summed E-state index contributed by atoms with van der Waals surface area (Å²) in [5.74, 6) is -1.03. The number of carboxylic acid groups (broad SMARTS) is 1. The Morgan fingerprint density at radius 1 is 1.60 bits per heavy atom. The lowest BCUT2D eigenvalue weighted by Gasteiger charge is -2.25. The minimum atomic E-state index is -1.21. The number of aliphatic hydroxyl groups is 1. The van der Waals surface area contributed by atoms with Gasteiger partial charge in [0.15, 0.2) is 0 Å². The van der Waals surface area contributed by atoms with Crippen molar-refractivity contribution in [2.75, 3.05) is 0 Å². The van der Waals surface area contributed by atoms with Gasteiger partial charge >= 0.3 is 5.97 Å². The van der Waals surface area contributed by atoms with Crippen molar-refractivity contribution in [2.45, 2.75) is 26.9 Å². The summed E-state index contributed by atoms with van der Waals surface area (Å²) in [6.45, 7) is 4.73. The molecule has 1 aromatic rings. The number of hydrogen-bond acceptors (Lipinski definition) is 3. The first-order chi connectivity index (χ1) is 6.76. The van der Waals surface area contributed by atoms with Gasteiger partial charge in [-0.25, -0.2) is 0 Å². The predicted octanol–water partition coefficient (Wildman–Crippen LogP) is 0.873. The highest BCUT2D eigenvalue weighted by Gasteiger charge is 2.38. The fourth-order valence-electron chi connectivity index (χ4n) is 1.39. The highest BCUT2D eigenvalue weighted by Crippen LogP contribution is 2.34. The third-order valence-electron chi connectivity index (χ3n) is 2.58. The Labute approximate surface area is 88.3 Å². The van der Waals surface area contributed by atoms with E-state index in [4.69, 9.17) is 5.11 Å². The summed E-state index contributed by atoms with van der Waals surface area (Å²) in [6, 6.07) is 0. The molecule has 0 saturated carbocycles. The Kier molecular flexibility index (Phi) is 2.86. The third-order valence-corrected chi connectivity index (χ3v) is 2.58. The summed E-state index contributed by atoms with van der Waals surface area (Å²) in [5, 5.41) is 23.0. The number of rotatable bonds is 3. The zero-order chi connectivity index (χ0) is 11.8. The van der Waals surface area contributed by atoms with Crippen LogP contribution in [0.25, 0.3) is 0 Å². The second kappa shape index (κ2) is 3.66. The Balaban J connectivity index is 3.09. The molecule has 15 heavy (non-hydrogen) atoms. The molecule has 1 heterocycles. The Morgan fingerprint density at radius 2 is 2.13 bits per heavy atom. The largest absolute Gasteiger partial charge is 0.481 e. The number of aryl methyl sites for hydroxylation is 2. The highest BCUT2D eigenvalue weighted by molar-refractivity contribution is 5.74. The molecule has 0 aliphatic heterocycles. The quantitative estimate of drug-likeness (QED) is 0.779. The van der Waals surface area contributed by atoms with Crippen LogP contribution in [0.1, 0.15) is 31.2 Å². The number of carboxylic acids is 1. The molecule has 0 bridgehead atoms. The van der Waals surface area contributed by atoms with E-state index in [1.807, 2.05) is 0 Å². The van der Waals surface area contributed by atoms with Crippen molar-refractivity contribution in [1.29, 1.82) is 0 Å². The third kappa shape index (κ3) is 2.02. The van der Waals surface area contributed by atoms with Crippen LogP contribution < -0.4 is 0 Å². The molecule has 2 N–H and O–H groups in total. The second-order valence-electron chi connectivity index (χ2n) is 4.27. The molecule has 0 aromatic carbocycles. The fraction of sp³-hybridized carbons (Fsp3) is 0.600. The molecule has 0 aliphatic rings. The molecule has 84 valence electrons. The van der Waals surface area contributed by atoms with Gasteiger partial charge in [0.25, 0.3) is 0 Å². The molecule has 0 radical (unpaired) electrons. The van der Waals surface area contributed by atoms with Gasteiger partial charge in [0, 0.05) is 18.8 Å². The van der Waals surface area contributed by atoms with Gasteiger partial charge in [-0.2, -0.15) is 5.10 Å². The van der Waals surface area contributed by atoms with Crippen LogP contribution in [0.2, 0.25) is 0 Å².